The average molecular weight is 615 g/mol. The van der Waals surface area contributed by atoms with Gasteiger partial charge in [0.1, 0.15) is 6.10 Å². The Hall–Kier alpha value is -2.42. The monoisotopic (exact) mass is 614 g/mol. The van der Waals surface area contributed by atoms with Crippen LogP contribution < -0.4 is 4.83 Å². The predicted octanol–water partition coefficient (Wildman–Crippen LogP) is 6.42. The van der Waals surface area contributed by atoms with Crippen LogP contribution >= 0.6 is 0 Å². The number of nitrogens with one attached hydrogen (secondary N) is 1. The molecule has 4 aliphatic carbocycles. The van der Waals surface area contributed by atoms with Crippen LogP contribution in [0.1, 0.15) is 97.5 Å². The molecule has 1 aromatic carbocycles. The molecule has 0 aliphatic heterocycles. The molecule has 43 heavy (non-hydrogen) atoms. The Morgan fingerprint density at radius 1 is 1.07 bits per heavy atom. The van der Waals surface area contributed by atoms with Crippen molar-refractivity contribution in [1.82, 2.24) is 4.83 Å². The third-order valence-electron chi connectivity index (χ3n) is 12.3. The molecule has 9 heteroatoms. The number of benzene rings is 1. The van der Waals surface area contributed by atoms with E-state index in [-0.39, 0.29) is 39.7 Å². The first-order valence-electron chi connectivity index (χ1n) is 16.2. The van der Waals surface area contributed by atoms with E-state index in [1.165, 1.54) is 14.0 Å². The zero-order valence-electron chi connectivity index (χ0n) is 26.7. The van der Waals surface area contributed by atoms with Gasteiger partial charge in [-0.25, -0.2) is 4.83 Å². The topological polar surface area (TPSA) is 111 Å². The van der Waals surface area contributed by atoms with Gasteiger partial charge in [-0.2, -0.15) is 13.5 Å². The highest BCUT2D eigenvalue weighted by molar-refractivity contribution is 7.89. The van der Waals surface area contributed by atoms with Gasteiger partial charge in [-0.15, -0.1) is 0 Å². The van der Waals surface area contributed by atoms with E-state index in [1.54, 1.807) is 24.3 Å². The van der Waals surface area contributed by atoms with Crippen molar-refractivity contribution in [3.63, 3.8) is 0 Å². The lowest BCUT2D eigenvalue weighted by molar-refractivity contribution is -0.156. The van der Waals surface area contributed by atoms with E-state index in [0.717, 1.165) is 69.1 Å². The second kappa shape index (κ2) is 12.2. The molecule has 8 nitrogen and oxygen atoms in total. The third-order valence-corrected chi connectivity index (χ3v) is 13.5. The number of carbonyl (C=O) groups excluding carboxylic acids is 2. The molecule has 1 N–H and O–H groups in total. The SMILES string of the molecule is COC(=O)CC[C@@H](C)[C@H]1CC[C@H]2[C@@H]3CC[C@@H]4C[C@H](OC(C)=O)CC[C@]4(C)[C@H]3CC(=NNS(=O)(=O)c3ccc(C)cc3)[C@]12C. The minimum Gasteiger partial charge on any atom is -0.469 e. The van der Waals surface area contributed by atoms with E-state index in [9.17, 15) is 18.0 Å². The fourth-order valence-electron chi connectivity index (χ4n) is 9.93. The van der Waals surface area contributed by atoms with E-state index in [0.29, 0.717) is 36.0 Å². The standard InChI is InChI=1S/C34H50N2O6S/c1-21-7-11-26(12-8-21)43(39,40)36-35-31-20-30-27(13-10-24-19-25(42-23(3)37)17-18-33(24,30)4)29-15-14-28(34(29,31)5)22(2)9-16-32(38)41-6/h7-8,11-12,22,24-25,27-30,36H,9-10,13-20H2,1-6H3/t22-,24-,25-,27+,28-,29+,30+,33+,34-/m1/s1. The van der Waals surface area contributed by atoms with Crippen molar-refractivity contribution >= 4 is 27.7 Å². The van der Waals surface area contributed by atoms with Crippen molar-refractivity contribution in [1.29, 1.82) is 0 Å². The van der Waals surface area contributed by atoms with Crippen molar-refractivity contribution < 1.29 is 27.5 Å². The van der Waals surface area contributed by atoms with Crippen LogP contribution in [0.3, 0.4) is 0 Å². The molecule has 0 saturated heterocycles. The van der Waals surface area contributed by atoms with Gasteiger partial charge in [-0.05, 0) is 118 Å². The first-order valence-corrected chi connectivity index (χ1v) is 17.7. The maximum absolute atomic E-state index is 13.4. The summed E-state index contributed by atoms with van der Waals surface area (Å²) in [6, 6.07) is 6.85. The fraction of sp³-hybridized carbons (Fsp3) is 0.735. The Kier molecular flexibility index (Phi) is 9.05. The number of hydrogen-bond acceptors (Lipinski definition) is 7. The van der Waals surface area contributed by atoms with Gasteiger partial charge in [-0.1, -0.05) is 38.5 Å². The van der Waals surface area contributed by atoms with Crippen LogP contribution in [0.5, 0.6) is 0 Å². The summed E-state index contributed by atoms with van der Waals surface area (Å²) in [5.41, 5.74) is 1.79. The summed E-state index contributed by atoms with van der Waals surface area (Å²) in [5, 5.41) is 4.84. The maximum atomic E-state index is 13.4. The summed E-state index contributed by atoms with van der Waals surface area (Å²) in [4.78, 5) is 26.6. The molecule has 1 aromatic rings. The quantitative estimate of drug-likeness (QED) is 0.267. The molecule has 238 valence electrons. The smallest absolute Gasteiger partial charge is 0.305 e. The molecule has 5 rings (SSSR count). The molecule has 0 heterocycles. The number of carbonyl (C=O) groups is 2. The van der Waals surface area contributed by atoms with Crippen molar-refractivity contribution in [3.8, 4) is 0 Å². The molecule has 0 unspecified atom stereocenters. The normalized spacial score (nSPS) is 37.0. The number of nitrogens with zero attached hydrogens (tertiary/aromatic N) is 1. The van der Waals surface area contributed by atoms with E-state index in [2.05, 4.69) is 25.6 Å². The predicted molar refractivity (Wildman–Crippen MR) is 166 cm³/mol. The van der Waals surface area contributed by atoms with E-state index >= 15 is 0 Å². The molecule has 0 bridgehead atoms. The molecule has 0 radical (unpaired) electrons. The molecule has 4 saturated carbocycles. The lowest BCUT2D eigenvalue weighted by Crippen LogP contribution is -2.58. The summed E-state index contributed by atoms with van der Waals surface area (Å²) in [5.74, 6) is 2.00. The molecule has 4 fully saturated rings. The third kappa shape index (κ3) is 5.99. The van der Waals surface area contributed by atoms with Gasteiger partial charge >= 0.3 is 11.9 Å². The number of ether oxygens (including phenoxy) is 2. The number of methoxy groups -OCH3 is 1. The van der Waals surface area contributed by atoms with Crippen molar-refractivity contribution in [2.45, 2.75) is 110 Å². The van der Waals surface area contributed by atoms with Crippen LogP contribution in [0, 0.1) is 53.3 Å². The van der Waals surface area contributed by atoms with Crippen LogP contribution in [0.15, 0.2) is 34.3 Å². The molecule has 0 amide bonds. The van der Waals surface area contributed by atoms with Crippen molar-refractivity contribution in [2.75, 3.05) is 7.11 Å². The Balaban J connectivity index is 1.48. The van der Waals surface area contributed by atoms with E-state index in [1.807, 2.05) is 6.92 Å². The molecule has 0 spiro atoms. The van der Waals surface area contributed by atoms with E-state index in [4.69, 9.17) is 14.6 Å². The summed E-state index contributed by atoms with van der Waals surface area (Å²) < 4.78 is 37.4. The number of rotatable bonds is 8. The van der Waals surface area contributed by atoms with Gasteiger partial charge < -0.3 is 9.47 Å². The number of hydrazone groups is 1. The minimum absolute atomic E-state index is 0.0121. The number of esters is 2. The van der Waals surface area contributed by atoms with Gasteiger partial charge in [-0.3, -0.25) is 9.59 Å². The zero-order valence-corrected chi connectivity index (χ0v) is 27.5. The molecule has 4 aliphatic rings. The van der Waals surface area contributed by atoms with Gasteiger partial charge in [0.05, 0.1) is 12.0 Å². The lowest BCUT2D eigenvalue weighted by atomic mass is 9.44. The van der Waals surface area contributed by atoms with Crippen LogP contribution in [-0.4, -0.2) is 39.3 Å². The van der Waals surface area contributed by atoms with Gasteiger partial charge in [0.15, 0.2) is 0 Å². The number of aryl methyl sites for hydroxylation is 1. The van der Waals surface area contributed by atoms with Crippen molar-refractivity contribution in [3.05, 3.63) is 29.8 Å². The van der Waals surface area contributed by atoms with Crippen LogP contribution in [0.4, 0.5) is 0 Å². The highest BCUT2D eigenvalue weighted by atomic mass is 32.2. The van der Waals surface area contributed by atoms with Gasteiger partial charge in [0.25, 0.3) is 10.0 Å². The highest BCUT2D eigenvalue weighted by Crippen LogP contribution is 2.67. The largest absolute Gasteiger partial charge is 0.469 e. The zero-order chi connectivity index (χ0) is 31.2. The second-order valence-corrected chi connectivity index (χ2v) is 16.1. The summed E-state index contributed by atoms with van der Waals surface area (Å²) in [6.45, 7) is 10.4. The van der Waals surface area contributed by atoms with Gasteiger partial charge in [0.2, 0.25) is 0 Å². The fourth-order valence-corrected chi connectivity index (χ4v) is 10.8. The number of hydrogen-bond donors (Lipinski definition) is 1. The summed E-state index contributed by atoms with van der Waals surface area (Å²) >= 11 is 0. The number of sulfonamides is 1. The highest BCUT2D eigenvalue weighted by Gasteiger charge is 2.63. The molecular formula is C34H50N2O6S. The van der Waals surface area contributed by atoms with Crippen molar-refractivity contribution in [2.24, 2.45) is 51.4 Å². The molecule has 0 aromatic heterocycles. The van der Waals surface area contributed by atoms with E-state index < -0.39 is 10.0 Å². The Bertz CT molecular complexity index is 1340. The minimum atomic E-state index is -3.83. The maximum Gasteiger partial charge on any atom is 0.305 e. The first kappa shape index (κ1) is 32.0. The second-order valence-electron chi connectivity index (χ2n) is 14.4. The number of fused-ring (bicyclic) bond motifs is 5. The van der Waals surface area contributed by atoms with Crippen LogP contribution in [0.2, 0.25) is 0 Å². The Labute approximate surface area is 257 Å². The Morgan fingerprint density at radius 3 is 2.47 bits per heavy atom. The molecule has 9 atom stereocenters. The summed E-state index contributed by atoms with van der Waals surface area (Å²) in [7, 11) is -2.40. The van der Waals surface area contributed by atoms with Gasteiger partial charge in [0, 0.05) is 24.5 Å². The first-order chi connectivity index (χ1) is 20.3. The lowest BCUT2D eigenvalue weighted by Gasteiger charge is -2.61. The van der Waals surface area contributed by atoms with Crippen LogP contribution in [-0.2, 0) is 29.1 Å². The Morgan fingerprint density at radius 2 is 1.79 bits per heavy atom. The van der Waals surface area contributed by atoms with Crippen LogP contribution in [0.25, 0.3) is 0 Å². The average Bonchev–Trinajstić information content (AvgIpc) is 3.33. The molecular weight excluding hydrogens is 564 g/mol. The summed E-state index contributed by atoms with van der Waals surface area (Å²) in [6.07, 6.45) is 9.07.